The van der Waals surface area contributed by atoms with Crippen molar-refractivity contribution in [2.45, 2.75) is 102 Å². The first-order valence-electron chi connectivity index (χ1n) is 41.0. The molecule has 5 atom stereocenters. The van der Waals surface area contributed by atoms with E-state index in [9.17, 15) is 47.9 Å². The molecule has 5 aromatic carbocycles. The highest BCUT2D eigenvalue weighted by molar-refractivity contribution is 6.16. The molecule has 0 aliphatic carbocycles. The lowest BCUT2D eigenvalue weighted by Crippen LogP contribution is -2.52. The summed E-state index contributed by atoms with van der Waals surface area (Å²) in [5.41, 5.74) is 8.88. The number of amidine groups is 3. The maximum Gasteiger partial charge on any atom is 0.318 e. The number of hydrogen-bond acceptors (Lipinski definition) is 16. The first kappa shape index (κ1) is 89.3. The minimum Gasteiger partial charge on any atom is -0.338 e. The number of likely N-dealkylation sites (tertiary alicyclic amines) is 2. The monoisotopic (exact) mass is 1650 g/mol. The molecule has 8 aliphatic heterocycles. The molecule has 0 radical (unpaired) electrons. The van der Waals surface area contributed by atoms with Crippen LogP contribution in [0.15, 0.2) is 226 Å². The average Bonchev–Trinajstić information content (AvgIpc) is 1.60. The molecule has 13 amide bonds. The van der Waals surface area contributed by atoms with E-state index in [0.29, 0.717) is 125 Å². The van der Waals surface area contributed by atoms with Crippen molar-refractivity contribution < 1.29 is 47.9 Å². The number of carbonyl (C=O) groups is 10. The Hall–Kier alpha value is -12.5. The van der Waals surface area contributed by atoms with Gasteiger partial charge in [-0.05, 0) is 204 Å². The van der Waals surface area contributed by atoms with Crippen molar-refractivity contribution in [3.63, 3.8) is 0 Å². The first-order chi connectivity index (χ1) is 57.7. The quantitative estimate of drug-likeness (QED) is 0.0318. The van der Waals surface area contributed by atoms with Gasteiger partial charge in [-0.25, -0.2) is 14.4 Å². The zero-order valence-electron chi connectivity index (χ0n) is 71.5. The summed E-state index contributed by atoms with van der Waals surface area (Å²) in [4.78, 5) is 158. The Morgan fingerprint density at radius 1 is 0.421 bits per heavy atom. The Kier molecular flexibility index (Phi) is 28.9. The van der Waals surface area contributed by atoms with Crippen LogP contribution in [-0.2, 0) is 24.0 Å². The van der Waals surface area contributed by atoms with E-state index in [-0.39, 0.29) is 89.4 Å². The van der Waals surface area contributed by atoms with E-state index >= 15 is 0 Å². The SMILES string of the molecule is C=CC(=O)N1CCC[C@@H](C(=O)NC2=NCC3=C2CN(C(=O)N[C@H](CN(C)C)c2ccccc2)C3(C)C)C1.C=CC(=O)N1CCC[C@H](C(=O)NC2=NCC3=C2CN(C(=O)N[C@H](CN(C)C)c2ccccc2)C3(C)C)C1.C=CC(=O)Nc1ccc(C(=O)Nc2cccc(C(=O)NC3=NCC4=C3CN(C(=O)N[C@H](CN(C)C)c3ccccc3)C4(C)C)c2)cc1. The minimum atomic E-state index is -0.603. The third-order valence-electron chi connectivity index (χ3n) is 23.5. The lowest BCUT2D eigenvalue weighted by molar-refractivity contribution is -0.133. The van der Waals surface area contributed by atoms with E-state index in [1.165, 1.54) is 12.2 Å². The predicted octanol–water partition coefficient (Wildman–Crippen LogP) is 9.29. The van der Waals surface area contributed by atoms with Crippen molar-refractivity contribution >= 4 is 88.3 Å². The number of carbonyl (C=O) groups excluding carboxylic acids is 10. The van der Waals surface area contributed by atoms with Gasteiger partial charge in [0.05, 0.1) is 85.8 Å². The third kappa shape index (κ3) is 21.4. The summed E-state index contributed by atoms with van der Waals surface area (Å²) < 4.78 is 0. The standard InChI is InChI=1S/C36H39N7O4.2C28H38N6O3/c1-6-31(44)38-26-17-15-24(16-18-26)33(45)39-27-14-10-13-25(19-27)34(46)41-32-28-21-43(36(2,3)29(28)20-37-32)35(47)40-30(22-42(4)5)23-11-8-7-9-12-23;2*1-6-24(35)33-14-10-13-20(16-33)26(36)31-25-21-17-34(28(2,3)22(21)15-29-25)27(37)30-23(18-32(4)5)19-11-8-7-9-12-19/h6-19,30H,1,20-22H2,2-5H3,(H,38,44)(H,39,45)(H,40,47)(H,37,41,46);2*6-9,11-12,20,23H,1,10,13-18H2,2-5H3,(H,30,37)(H,29,31,36)/t30-;20-,23+;20-,23-/m101/s1. The molecule has 0 bridgehead atoms. The number of rotatable bonds is 21. The van der Waals surface area contributed by atoms with Crippen LogP contribution in [0.3, 0.4) is 0 Å². The van der Waals surface area contributed by atoms with Crippen LogP contribution in [-0.4, -0.2) is 260 Å². The van der Waals surface area contributed by atoms with Gasteiger partial charge in [-0.3, -0.25) is 48.5 Å². The molecule has 8 heterocycles. The van der Waals surface area contributed by atoms with Crippen LogP contribution in [0.1, 0.15) is 123 Å². The molecule has 29 nitrogen and oxygen atoms in total. The summed E-state index contributed by atoms with van der Waals surface area (Å²) >= 11 is 0. The van der Waals surface area contributed by atoms with Gasteiger partial charge in [-0.15, -0.1) is 0 Å². The largest absolute Gasteiger partial charge is 0.338 e. The van der Waals surface area contributed by atoms with Crippen LogP contribution in [0.2, 0.25) is 0 Å². The van der Waals surface area contributed by atoms with Crippen LogP contribution in [0.4, 0.5) is 25.8 Å². The second kappa shape index (κ2) is 39.2. The highest BCUT2D eigenvalue weighted by Crippen LogP contribution is 2.42. The molecular formula is C92H115N19O10. The second-order valence-corrected chi connectivity index (χ2v) is 33.7. The molecule has 8 N–H and O–H groups in total. The molecule has 0 spiro atoms. The van der Waals surface area contributed by atoms with Gasteiger partial charge in [-0.1, -0.05) is 117 Å². The van der Waals surface area contributed by atoms with Gasteiger partial charge in [0, 0.05) is 85.0 Å². The van der Waals surface area contributed by atoms with E-state index in [4.69, 9.17) is 0 Å². The minimum absolute atomic E-state index is 0.134. The molecule has 13 rings (SSSR count). The van der Waals surface area contributed by atoms with Crippen LogP contribution in [0, 0.1) is 11.8 Å². The third-order valence-corrected chi connectivity index (χ3v) is 23.5. The molecule has 0 aromatic heterocycles. The van der Waals surface area contributed by atoms with Crippen LogP contribution in [0.5, 0.6) is 0 Å². The van der Waals surface area contributed by atoms with E-state index < -0.39 is 16.6 Å². The lowest BCUT2D eigenvalue weighted by atomic mass is 9.94. The summed E-state index contributed by atoms with van der Waals surface area (Å²) in [6.45, 7) is 29.0. The highest BCUT2D eigenvalue weighted by atomic mass is 16.2. The molecule has 2 fully saturated rings. The van der Waals surface area contributed by atoms with Gasteiger partial charge in [0.2, 0.25) is 29.5 Å². The lowest BCUT2D eigenvalue weighted by Gasteiger charge is -2.36. The van der Waals surface area contributed by atoms with Crippen LogP contribution >= 0.6 is 0 Å². The van der Waals surface area contributed by atoms with Crippen LogP contribution in [0.25, 0.3) is 0 Å². The number of likely N-dealkylation sites (N-methyl/N-ethyl adjacent to an activating group) is 3. The Morgan fingerprint density at radius 2 is 0.777 bits per heavy atom. The molecule has 29 heteroatoms. The number of benzene rings is 5. The maximum absolute atomic E-state index is 13.7. The van der Waals surface area contributed by atoms with E-state index in [0.717, 1.165) is 81.9 Å². The molecule has 0 saturated carbocycles. The summed E-state index contributed by atoms with van der Waals surface area (Å²) in [6.07, 6.45) is 6.73. The Morgan fingerprint density at radius 3 is 1.12 bits per heavy atom. The summed E-state index contributed by atoms with van der Waals surface area (Å²) in [5, 5.41) is 24.1. The van der Waals surface area contributed by atoms with Gasteiger partial charge >= 0.3 is 18.1 Å². The average molecular weight is 1650 g/mol. The highest BCUT2D eigenvalue weighted by Gasteiger charge is 2.50. The number of anilines is 2. The Labute approximate surface area is 709 Å². The number of piperidine rings is 2. The Balaban J connectivity index is 0.000000179. The van der Waals surface area contributed by atoms with Crippen molar-refractivity contribution in [3.05, 3.63) is 239 Å². The molecule has 0 unspecified atom stereocenters. The van der Waals surface area contributed by atoms with Crippen molar-refractivity contribution in [1.29, 1.82) is 0 Å². The van der Waals surface area contributed by atoms with E-state index in [1.54, 1.807) is 63.2 Å². The van der Waals surface area contributed by atoms with E-state index in [2.05, 4.69) is 87.0 Å². The number of urea groups is 3. The fourth-order valence-electron chi connectivity index (χ4n) is 16.6. The van der Waals surface area contributed by atoms with Gasteiger partial charge in [-0.2, -0.15) is 0 Å². The van der Waals surface area contributed by atoms with Crippen molar-refractivity contribution in [2.75, 3.05) is 138 Å². The molecule has 121 heavy (non-hydrogen) atoms. The van der Waals surface area contributed by atoms with Gasteiger partial charge in [0.25, 0.3) is 11.8 Å². The second-order valence-electron chi connectivity index (χ2n) is 33.7. The number of nitrogens with one attached hydrogen (secondary N) is 8. The zero-order valence-corrected chi connectivity index (χ0v) is 71.5. The molecule has 638 valence electrons. The van der Waals surface area contributed by atoms with Crippen molar-refractivity contribution in [2.24, 2.45) is 26.8 Å². The van der Waals surface area contributed by atoms with E-state index in [1.807, 2.05) is 190 Å². The summed E-state index contributed by atoms with van der Waals surface area (Å²) in [5.74, 6) is -0.724. The van der Waals surface area contributed by atoms with Gasteiger partial charge in [0.1, 0.15) is 17.5 Å². The molecule has 2 saturated heterocycles. The molecular weight excluding hydrogens is 1530 g/mol. The zero-order chi connectivity index (χ0) is 87.2. The topological polar surface area (TPSA) is 330 Å². The summed E-state index contributed by atoms with van der Waals surface area (Å²) in [7, 11) is 11.9. The summed E-state index contributed by atoms with van der Waals surface area (Å²) in [6, 6.07) is 41.9. The molecule has 5 aromatic rings. The Bertz CT molecular complexity index is 4790. The smallest absolute Gasteiger partial charge is 0.318 e. The molecule has 8 aliphatic rings. The number of hydrogen-bond donors (Lipinski definition) is 8. The number of aliphatic imine (C=N–C) groups is 3. The van der Waals surface area contributed by atoms with Crippen molar-refractivity contribution in [1.82, 2.24) is 71.1 Å². The normalized spacial score (nSPS) is 19.1. The van der Waals surface area contributed by atoms with Gasteiger partial charge < -0.3 is 81.7 Å². The van der Waals surface area contributed by atoms with Crippen molar-refractivity contribution in [3.8, 4) is 0 Å². The van der Waals surface area contributed by atoms with Crippen LogP contribution < -0.4 is 42.5 Å². The number of nitrogens with zero attached hydrogens (tertiary/aromatic N) is 11. The van der Waals surface area contributed by atoms with Gasteiger partial charge in [0.15, 0.2) is 0 Å². The fourth-order valence-corrected chi connectivity index (χ4v) is 16.6. The number of amides is 13. The predicted molar refractivity (Wildman–Crippen MR) is 472 cm³/mol. The fraction of sp³-hybridized carbons (Fsp3) is 0.402. The maximum atomic E-state index is 13.7. The first-order valence-corrected chi connectivity index (χ1v) is 41.0.